The van der Waals surface area contributed by atoms with Crippen LogP contribution in [0.2, 0.25) is 0 Å². The Bertz CT molecular complexity index is 66.2. The second-order valence-electron chi connectivity index (χ2n) is 3.22. The molecule has 0 aromatic heterocycles. The highest BCUT2D eigenvalue weighted by molar-refractivity contribution is 7.98. The Morgan fingerprint density at radius 1 is 0.917 bits per heavy atom. The zero-order chi connectivity index (χ0) is 9.07. The quantitative estimate of drug-likeness (QED) is 0.560. The minimum absolute atomic E-state index is 1.19. The van der Waals surface area contributed by atoms with E-state index in [1.807, 2.05) is 18.8 Å². The molecule has 2 heteroatoms. The molecule has 0 radical (unpaired) electrons. The maximum absolute atomic E-state index is 3.18. The Hall–Kier alpha value is 0.310. The summed E-state index contributed by atoms with van der Waals surface area (Å²) in [6, 6.07) is 0. The van der Waals surface area contributed by atoms with Gasteiger partial charge in [0.25, 0.3) is 0 Å². The van der Waals surface area contributed by atoms with Crippen LogP contribution in [0.5, 0.6) is 0 Å². The normalized spacial score (nSPS) is 10.5. The van der Waals surface area contributed by atoms with E-state index in [-0.39, 0.29) is 0 Å². The molecule has 74 valence electrons. The van der Waals surface area contributed by atoms with E-state index in [0.29, 0.717) is 0 Å². The Labute approximate surface area is 81.7 Å². The first-order chi connectivity index (χ1) is 5.91. The Morgan fingerprint density at radius 2 is 1.50 bits per heavy atom. The van der Waals surface area contributed by atoms with Gasteiger partial charge in [-0.25, -0.2) is 0 Å². The molecule has 0 atom stereocenters. The SMILES string of the molecule is CNCCCCCCCCSC. The fourth-order valence-electron chi connectivity index (χ4n) is 1.26. The predicted octanol–water partition coefficient (Wildman–Crippen LogP) is 2.91. The first kappa shape index (κ1) is 12.3. The highest BCUT2D eigenvalue weighted by atomic mass is 32.2. The fourth-order valence-corrected chi connectivity index (χ4v) is 1.75. The highest BCUT2D eigenvalue weighted by Crippen LogP contribution is 2.07. The van der Waals surface area contributed by atoms with Crippen molar-refractivity contribution in [3.8, 4) is 0 Å². The van der Waals surface area contributed by atoms with Crippen molar-refractivity contribution < 1.29 is 0 Å². The summed E-state index contributed by atoms with van der Waals surface area (Å²) in [6.07, 6.45) is 10.6. The molecule has 0 saturated carbocycles. The third-order valence-corrected chi connectivity index (χ3v) is 2.72. The summed E-state index contributed by atoms with van der Waals surface area (Å²) in [5, 5.41) is 3.18. The van der Waals surface area contributed by atoms with E-state index >= 15 is 0 Å². The monoisotopic (exact) mass is 189 g/mol. The van der Waals surface area contributed by atoms with Gasteiger partial charge in [-0.15, -0.1) is 0 Å². The van der Waals surface area contributed by atoms with Crippen molar-refractivity contribution >= 4 is 11.8 Å². The molecule has 0 aromatic rings. The van der Waals surface area contributed by atoms with Crippen molar-refractivity contribution in [3.63, 3.8) is 0 Å². The lowest BCUT2D eigenvalue weighted by Crippen LogP contribution is -2.06. The first-order valence-corrected chi connectivity index (χ1v) is 6.44. The standard InChI is InChI=1S/C10H23NS/c1-11-9-7-5-3-4-6-8-10-12-2/h11H,3-10H2,1-2H3. The summed E-state index contributed by atoms with van der Waals surface area (Å²) < 4.78 is 0. The summed E-state index contributed by atoms with van der Waals surface area (Å²) in [5.74, 6) is 1.34. The largest absolute Gasteiger partial charge is 0.320 e. The first-order valence-electron chi connectivity index (χ1n) is 5.05. The predicted molar refractivity (Wildman–Crippen MR) is 60.0 cm³/mol. The summed E-state index contributed by atoms with van der Waals surface area (Å²) in [7, 11) is 2.03. The van der Waals surface area contributed by atoms with Crippen LogP contribution in [-0.4, -0.2) is 25.6 Å². The average Bonchev–Trinajstić information content (AvgIpc) is 2.10. The molecular formula is C10H23NS. The van der Waals surface area contributed by atoms with Gasteiger partial charge in [0.1, 0.15) is 0 Å². The molecule has 0 amide bonds. The molecule has 0 spiro atoms. The third-order valence-electron chi connectivity index (χ3n) is 2.03. The molecule has 0 unspecified atom stereocenters. The molecule has 0 aliphatic rings. The molecule has 1 N–H and O–H groups in total. The zero-order valence-electron chi connectivity index (χ0n) is 8.57. The van der Waals surface area contributed by atoms with Gasteiger partial charge in [0.15, 0.2) is 0 Å². The topological polar surface area (TPSA) is 12.0 Å². The third kappa shape index (κ3) is 10.3. The van der Waals surface area contributed by atoms with Crippen LogP contribution >= 0.6 is 11.8 Å². The van der Waals surface area contributed by atoms with Gasteiger partial charge in [-0.1, -0.05) is 25.7 Å². The fraction of sp³-hybridized carbons (Fsp3) is 1.00. The van der Waals surface area contributed by atoms with Crippen molar-refractivity contribution in [2.45, 2.75) is 38.5 Å². The van der Waals surface area contributed by atoms with Crippen molar-refractivity contribution in [1.29, 1.82) is 0 Å². The number of hydrogen-bond acceptors (Lipinski definition) is 2. The van der Waals surface area contributed by atoms with Gasteiger partial charge in [0.05, 0.1) is 0 Å². The zero-order valence-corrected chi connectivity index (χ0v) is 9.38. The van der Waals surface area contributed by atoms with Gasteiger partial charge in [-0.05, 0) is 38.4 Å². The van der Waals surface area contributed by atoms with Gasteiger partial charge < -0.3 is 5.32 Å². The minimum Gasteiger partial charge on any atom is -0.320 e. The van der Waals surface area contributed by atoms with E-state index in [1.165, 1.54) is 50.8 Å². The molecule has 0 aromatic carbocycles. The lowest BCUT2D eigenvalue weighted by Gasteiger charge is -2.00. The molecule has 0 heterocycles. The summed E-state index contributed by atoms with van der Waals surface area (Å²) in [4.78, 5) is 0. The highest BCUT2D eigenvalue weighted by Gasteiger charge is 1.89. The second-order valence-corrected chi connectivity index (χ2v) is 4.20. The molecule has 0 rings (SSSR count). The average molecular weight is 189 g/mol. The van der Waals surface area contributed by atoms with E-state index in [4.69, 9.17) is 0 Å². The van der Waals surface area contributed by atoms with Gasteiger partial charge in [0.2, 0.25) is 0 Å². The number of rotatable bonds is 9. The second kappa shape index (κ2) is 11.3. The molecule has 0 aliphatic heterocycles. The lowest BCUT2D eigenvalue weighted by molar-refractivity contribution is 0.594. The van der Waals surface area contributed by atoms with Gasteiger partial charge in [-0.2, -0.15) is 11.8 Å². The molecule has 0 bridgehead atoms. The van der Waals surface area contributed by atoms with E-state index in [9.17, 15) is 0 Å². The van der Waals surface area contributed by atoms with Crippen LogP contribution in [0.4, 0.5) is 0 Å². The molecule has 12 heavy (non-hydrogen) atoms. The maximum Gasteiger partial charge on any atom is -0.00519 e. The van der Waals surface area contributed by atoms with Gasteiger partial charge >= 0.3 is 0 Å². The van der Waals surface area contributed by atoms with Crippen LogP contribution in [0, 0.1) is 0 Å². The minimum atomic E-state index is 1.19. The molecule has 0 fully saturated rings. The van der Waals surface area contributed by atoms with Crippen molar-refractivity contribution in [3.05, 3.63) is 0 Å². The molecule has 0 aliphatic carbocycles. The van der Waals surface area contributed by atoms with Gasteiger partial charge in [0, 0.05) is 0 Å². The molecular weight excluding hydrogens is 166 g/mol. The van der Waals surface area contributed by atoms with E-state index in [0.717, 1.165) is 0 Å². The smallest absolute Gasteiger partial charge is 0.00519 e. The van der Waals surface area contributed by atoms with Crippen LogP contribution in [0.25, 0.3) is 0 Å². The Balaban J connectivity index is 2.73. The Kier molecular flexibility index (Phi) is 11.6. The Morgan fingerprint density at radius 3 is 2.08 bits per heavy atom. The summed E-state index contributed by atoms with van der Waals surface area (Å²) in [6.45, 7) is 1.19. The van der Waals surface area contributed by atoms with E-state index in [2.05, 4.69) is 11.6 Å². The molecule has 1 nitrogen and oxygen atoms in total. The van der Waals surface area contributed by atoms with E-state index in [1.54, 1.807) is 0 Å². The van der Waals surface area contributed by atoms with E-state index < -0.39 is 0 Å². The van der Waals surface area contributed by atoms with Gasteiger partial charge in [-0.3, -0.25) is 0 Å². The van der Waals surface area contributed by atoms with Crippen LogP contribution in [-0.2, 0) is 0 Å². The lowest BCUT2D eigenvalue weighted by atomic mass is 10.1. The van der Waals surface area contributed by atoms with Crippen LogP contribution in [0.1, 0.15) is 38.5 Å². The number of unbranched alkanes of at least 4 members (excludes halogenated alkanes) is 5. The van der Waals surface area contributed by atoms with Crippen LogP contribution in [0.15, 0.2) is 0 Å². The summed E-state index contributed by atoms with van der Waals surface area (Å²) >= 11 is 1.96. The van der Waals surface area contributed by atoms with Crippen molar-refractivity contribution in [1.82, 2.24) is 5.32 Å². The number of hydrogen-bond donors (Lipinski definition) is 1. The maximum atomic E-state index is 3.18. The molecule has 0 saturated heterocycles. The van der Waals surface area contributed by atoms with Crippen LogP contribution in [0.3, 0.4) is 0 Å². The van der Waals surface area contributed by atoms with Crippen molar-refractivity contribution in [2.24, 2.45) is 0 Å². The number of nitrogens with one attached hydrogen (secondary N) is 1. The van der Waals surface area contributed by atoms with Crippen molar-refractivity contribution in [2.75, 3.05) is 25.6 Å². The number of thioether (sulfide) groups is 1. The summed E-state index contributed by atoms with van der Waals surface area (Å²) in [5.41, 5.74) is 0. The van der Waals surface area contributed by atoms with Crippen LogP contribution < -0.4 is 5.32 Å².